The van der Waals surface area contributed by atoms with Crippen LogP contribution in [0.1, 0.15) is 17.3 Å². The zero-order valence-electron chi connectivity index (χ0n) is 6.87. The van der Waals surface area contributed by atoms with Crippen molar-refractivity contribution in [3.8, 4) is 6.07 Å². The highest BCUT2D eigenvalue weighted by molar-refractivity contribution is 7.14. The fourth-order valence-corrected chi connectivity index (χ4v) is 1.60. The summed E-state index contributed by atoms with van der Waals surface area (Å²) in [5.74, 6) is -0.266. The molecule has 0 aliphatic carbocycles. The van der Waals surface area contributed by atoms with E-state index in [2.05, 4.69) is 5.32 Å². The van der Waals surface area contributed by atoms with Crippen LogP contribution in [-0.4, -0.2) is 11.9 Å². The van der Waals surface area contributed by atoms with E-state index in [0.717, 1.165) is 0 Å². The Morgan fingerprint density at radius 2 is 2.54 bits per heavy atom. The third-order valence-corrected chi connectivity index (χ3v) is 2.46. The van der Waals surface area contributed by atoms with Gasteiger partial charge in [0.1, 0.15) is 6.04 Å². The van der Waals surface area contributed by atoms with Crippen LogP contribution in [0.3, 0.4) is 0 Å². The van der Waals surface area contributed by atoms with Crippen molar-refractivity contribution >= 4 is 28.8 Å². The van der Waals surface area contributed by atoms with Crippen molar-refractivity contribution in [2.75, 3.05) is 0 Å². The van der Waals surface area contributed by atoms with E-state index in [9.17, 15) is 4.79 Å². The molecule has 5 heteroatoms. The molecule has 0 radical (unpaired) electrons. The number of hydrogen-bond donors (Lipinski definition) is 1. The van der Waals surface area contributed by atoms with Gasteiger partial charge < -0.3 is 5.32 Å². The Morgan fingerprint density at radius 3 is 3.00 bits per heavy atom. The van der Waals surface area contributed by atoms with Gasteiger partial charge in [-0.2, -0.15) is 5.26 Å². The molecule has 1 rings (SSSR count). The first-order chi connectivity index (χ1) is 6.13. The highest BCUT2D eigenvalue weighted by Crippen LogP contribution is 2.19. The molecule has 0 saturated carbocycles. The normalized spacial score (nSPS) is 11.8. The summed E-state index contributed by atoms with van der Waals surface area (Å²) in [6.45, 7) is 1.62. The summed E-state index contributed by atoms with van der Waals surface area (Å²) < 4.78 is 0.565. The number of halogens is 1. The third-order valence-electron chi connectivity index (χ3n) is 1.37. The topological polar surface area (TPSA) is 52.9 Å². The van der Waals surface area contributed by atoms with Gasteiger partial charge in [-0.1, -0.05) is 11.6 Å². The van der Waals surface area contributed by atoms with E-state index in [1.165, 1.54) is 11.3 Å². The maximum Gasteiger partial charge on any atom is 0.253 e. The van der Waals surface area contributed by atoms with Gasteiger partial charge in [0.2, 0.25) is 0 Å². The summed E-state index contributed by atoms with van der Waals surface area (Å²) in [6.07, 6.45) is 0. The van der Waals surface area contributed by atoms with Crippen LogP contribution in [0.5, 0.6) is 0 Å². The molecule has 0 aromatic carbocycles. The minimum absolute atomic E-state index is 0.266. The van der Waals surface area contributed by atoms with Crippen LogP contribution in [0.15, 0.2) is 11.4 Å². The second-order valence-corrected chi connectivity index (χ2v) is 4.01. The number of thiophene rings is 1. The van der Waals surface area contributed by atoms with Gasteiger partial charge in [-0.15, -0.1) is 11.3 Å². The van der Waals surface area contributed by atoms with Crippen LogP contribution in [0, 0.1) is 11.3 Å². The van der Waals surface area contributed by atoms with Crippen molar-refractivity contribution < 1.29 is 4.79 Å². The molecule has 0 saturated heterocycles. The van der Waals surface area contributed by atoms with Crippen molar-refractivity contribution in [3.05, 3.63) is 21.3 Å². The molecule has 68 valence electrons. The van der Waals surface area contributed by atoms with Gasteiger partial charge in [-0.25, -0.2) is 0 Å². The van der Waals surface area contributed by atoms with Crippen LogP contribution < -0.4 is 5.32 Å². The molecule has 0 unspecified atom stereocenters. The summed E-state index contributed by atoms with van der Waals surface area (Å²) in [7, 11) is 0. The quantitative estimate of drug-likeness (QED) is 0.819. The first kappa shape index (κ1) is 10.0. The third kappa shape index (κ3) is 2.72. The van der Waals surface area contributed by atoms with Gasteiger partial charge in [0.25, 0.3) is 5.91 Å². The Morgan fingerprint density at radius 1 is 1.85 bits per heavy atom. The molecule has 1 N–H and O–H groups in total. The molecule has 0 aliphatic heterocycles. The Balaban J connectivity index is 2.65. The molecule has 3 nitrogen and oxygen atoms in total. The van der Waals surface area contributed by atoms with Crippen LogP contribution >= 0.6 is 22.9 Å². The summed E-state index contributed by atoms with van der Waals surface area (Å²) in [4.78, 5) is 11.3. The predicted octanol–water partition coefficient (Wildman–Crippen LogP) is 2.04. The lowest BCUT2D eigenvalue weighted by atomic mass is 10.3. The number of amides is 1. The zero-order chi connectivity index (χ0) is 9.84. The molecular formula is C8H7ClN2OS. The van der Waals surface area contributed by atoms with Gasteiger partial charge in [0.15, 0.2) is 0 Å². The highest BCUT2D eigenvalue weighted by Gasteiger charge is 2.10. The monoisotopic (exact) mass is 214 g/mol. The minimum Gasteiger partial charge on any atom is -0.337 e. The molecule has 1 amide bonds. The fraction of sp³-hybridized carbons (Fsp3) is 0.250. The fourth-order valence-electron chi connectivity index (χ4n) is 0.741. The van der Waals surface area contributed by atoms with Crippen molar-refractivity contribution in [1.29, 1.82) is 5.26 Å². The SMILES string of the molecule is C[C@H](C#N)NC(=O)c1csc(Cl)c1. The van der Waals surface area contributed by atoms with E-state index in [1.807, 2.05) is 6.07 Å². The summed E-state index contributed by atoms with van der Waals surface area (Å²) in [5, 5.41) is 12.6. The lowest BCUT2D eigenvalue weighted by Crippen LogP contribution is -2.30. The maximum atomic E-state index is 11.3. The Bertz CT molecular complexity index is 355. The molecule has 1 atom stereocenters. The number of carbonyl (C=O) groups excluding carboxylic acids is 1. The van der Waals surface area contributed by atoms with E-state index in [0.29, 0.717) is 9.90 Å². The second kappa shape index (κ2) is 4.26. The predicted molar refractivity (Wildman–Crippen MR) is 51.9 cm³/mol. The maximum absolute atomic E-state index is 11.3. The van der Waals surface area contributed by atoms with Crippen LogP contribution in [0.2, 0.25) is 4.34 Å². The van der Waals surface area contributed by atoms with Crippen LogP contribution in [0.4, 0.5) is 0 Å². The molecule has 1 aromatic rings. The highest BCUT2D eigenvalue weighted by atomic mass is 35.5. The van der Waals surface area contributed by atoms with Crippen molar-refractivity contribution in [1.82, 2.24) is 5.32 Å². The summed E-state index contributed by atoms with van der Waals surface area (Å²) in [5.41, 5.74) is 0.497. The van der Waals surface area contributed by atoms with E-state index in [1.54, 1.807) is 18.4 Å². The number of nitriles is 1. The molecule has 0 spiro atoms. The Kier molecular flexibility index (Phi) is 3.29. The molecule has 0 fully saturated rings. The molecular weight excluding hydrogens is 208 g/mol. The zero-order valence-corrected chi connectivity index (χ0v) is 8.45. The van der Waals surface area contributed by atoms with Crippen molar-refractivity contribution in [2.45, 2.75) is 13.0 Å². The Hall–Kier alpha value is -1.05. The largest absolute Gasteiger partial charge is 0.337 e. The molecule has 1 heterocycles. The lowest BCUT2D eigenvalue weighted by Gasteiger charge is -2.03. The first-order valence-electron chi connectivity index (χ1n) is 3.58. The second-order valence-electron chi connectivity index (χ2n) is 2.46. The molecule has 0 aliphatic rings. The van der Waals surface area contributed by atoms with Gasteiger partial charge in [-0.3, -0.25) is 4.79 Å². The number of carbonyl (C=O) groups is 1. The molecule has 13 heavy (non-hydrogen) atoms. The van der Waals surface area contributed by atoms with Crippen molar-refractivity contribution in [3.63, 3.8) is 0 Å². The van der Waals surface area contributed by atoms with Gasteiger partial charge in [-0.05, 0) is 13.0 Å². The van der Waals surface area contributed by atoms with E-state index in [4.69, 9.17) is 16.9 Å². The van der Waals surface area contributed by atoms with Gasteiger partial charge in [0.05, 0.1) is 16.0 Å². The number of rotatable bonds is 2. The van der Waals surface area contributed by atoms with Gasteiger partial charge in [0, 0.05) is 5.38 Å². The van der Waals surface area contributed by atoms with Gasteiger partial charge >= 0.3 is 0 Å². The van der Waals surface area contributed by atoms with Crippen LogP contribution in [-0.2, 0) is 0 Å². The Labute approximate surface area is 84.9 Å². The van der Waals surface area contributed by atoms with E-state index < -0.39 is 6.04 Å². The van der Waals surface area contributed by atoms with Crippen molar-refractivity contribution in [2.24, 2.45) is 0 Å². The average molecular weight is 215 g/mol. The smallest absolute Gasteiger partial charge is 0.253 e. The number of nitrogens with zero attached hydrogens (tertiary/aromatic N) is 1. The summed E-state index contributed by atoms with van der Waals surface area (Å²) >= 11 is 6.94. The average Bonchev–Trinajstić information content (AvgIpc) is 2.51. The molecule has 1 aromatic heterocycles. The number of hydrogen-bond acceptors (Lipinski definition) is 3. The first-order valence-corrected chi connectivity index (χ1v) is 4.83. The number of nitrogens with one attached hydrogen (secondary N) is 1. The molecule has 0 bridgehead atoms. The van der Waals surface area contributed by atoms with Crippen LogP contribution in [0.25, 0.3) is 0 Å². The lowest BCUT2D eigenvalue weighted by molar-refractivity contribution is 0.0948. The van der Waals surface area contributed by atoms with E-state index >= 15 is 0 Å². The standard InChI is InChI=1S/C8H7ClN2OS/c1-5(3-10)11-8(12)6-2-7(9)13-4-6/h2,4-5H,1H3,(H,11,12)/t5-/m1/s1. The minimum atomic E-state index is -0.480. The van der Waals surface area contributed by atoms with E-state index in [-0.39, 0.29) is 5.91 Å². The summed E-state index contributed by atoms with van der Waals surface area (Å²) in [6, 6.07) is 3.01.